The van der Waals surface area contributed by atoms with Crippen LogP contribution in [0.3, 0.4) is 0 Å². The number of halogens is 3. The molecule has 0 aromatic heterocycles. The van der Waals surface area contributed by atoms with Crippen LogP contribution in [0.5, 0.6) is 0 Å². The molecule has 1 atom stereocenters. The molecule has 1 nitrogen and oxygen atoms in total. The Morgan fingerprint density at radius 2 is 1.90 bits per heavy atom. The summed E-state index contributed by atoms with van der Waals surface area (Å²) in [6.45, 7) is 4.99. The third kappa shape index (κ3) is 3.98. The summed E-state index contributed by atoms with van der Waals surface area (Å²) in [5.41, 5.74) is 3.55. The molecule has 1 unspecified atom stereocenters. The minimum absolute atomic E-state index is 0.170. The van der Waals surface area contributed by atoms with Gasteiger partial charge in [0.15, 0.2) is 0 Å². The third-order valence-electron chi connectivity index (χ3n) is 3.26. The van der Waals surface area contributed by atoms with Gasteiger partial charge in [-0.15, -0.1) is 0 Å². The molecule has 20 heavy (non-hydrogen) atoms. The Morgan fingerprint density at radius 1 is 1.15 bits per heavy atom. The fourth-order valence-electron chi connectivity index (χ4n) is 2.05. The van der Waals surface area contributed by atoms with Crippen LogP contribution in [-0.2, 0) is 6.54 Å². The highest BCUT2D eigenvalue weighted by atomic mass is 79.9. The second kappa shape index (κ2) is 6.95. The Balaban J connectivity index is 2.04. The van der Waals surface area contributed by atoms with Crippen LogP contribution in [0.2, 0.25) is 10.0 Å². The molecular weight excluding hydrogens is 357 g/mol. The van der Waals surface area contributed by atoms with Crippen molar-refractivity contribution >= 4 is 39.1 Å². The number of hydrogen-bond acceptors (Lipinski definition) is 1. The van der Waals surface area contributed by atoms with E-state index in [-0.39, 0.29) is 6.04 Å². The predicted molar refractivity (Wildman–Crippen MR) is 90.6 cm³/mol. The summed E-state index contributed by atoms with van der Waals surface area (Å²) in [6.07, 6.45) is 0. The summed E-state index contributed by atoms with van der Waals surface area (Å²) >= 11 is 15.7. The van der Waals surface area contributed by atoms with Crippen LogP contribution in [0.25, 0.3) is 0 Å². The van der Waals surface area contributed by atoms with Gasteiger partial charge in [0, 0.05) is 27.1 Å². The van der Waals surface area contributed by atoms with Gasteiger partial charge < -0.3 is 5.32 Å². The second-order valence-corrected chi connectivity index (χ2v) is 6.55. The molecule has 0 saturated heterocycles. The van der Waals surface area contributed by atoms with E-state index in [1.165, 1.54) is 11.1 Å². The van der Waals surface area contributed by atoms with Crippen LogP contribution in [-0.4, -0.2) is 0 Å². The quantitative estimate of drug-likeness (QED) is 0.702. The van der Waals surface area contributed by atoms with Crippen LogP contribution < -0.4 is 5.32 Å². The Morgan fingerprint density at radius 3 is 2.55 bits per heavy atom. The van der Waals surface area contributed by atoms with Crippen LogP contribution in [0.4, 0.5) is 0 Å². The molecule has 0 aliphatic heterocycles. The lowest BCUT2D eigenvalue weighted by molar-refractivity contribution is 0.574. The number of benzene rings is 2. The highest BCUT2D eigenvalue weighted by Gasteiger charge is 2.09. The van der Waals surface area contributed by atoms with E-state index in [0.717, 1.165) is 16.6 Å². The first kappa shape index (κ1) is 15.8. The fraction of sp³-hybridized carbons (Fsp3) is 0.250. The minimum Gasteiger partial charge on any atom is -0.306 e. The first-order valence-electron chi connectivity index (χ1n) is 6.40. The normalized spacial score (nSPS) is 12.4. The predicted octanol–water partition coefficient (Wildman–Crippen LogP) is 5.92. The van der Waals surface area contributed by atoms with E-state index in [9.17, 15) is 0 Å². The number of rotatable bonds is 4. The van der Waals surface area contributed by atoms with Gasteiger partial charge in [-0.3, -0.25) is 0 Å². The molecule has 0 bridgehead atoms. The SMILES string of the molecule is Cc1cc(CNC(C)c2ccc(Cl)cc2Cl)ccc1Br. The minimum atomic E-state index is 0.170. The molecule has 0 heterocycles. The van der Waals surface area contributed by atoms with Crippen LogP contribution in [0, 0.1) is 6.92 Å². The first-order chi connectivity index (χ1) is 9.47. The zero-order chi connectivity index (χ0) is 14.7. The van der Waals surface area contributed by atoms with Crippen molar-refractivity contribution in [2.75, 3.05) is 0 Å². The van der Waals surface area contributed by atoms with E-state index in [2.05, 4.69) is 53.3 Å². The summed E-state index contributed by atoms with van der Waals surface area (Å²) in [6, 6.07) is 12.1. The lowest BCUT2D eigenvalue weighted by Gasteiger charge is -2.16. The van der Waals surface area contributed by atoms with Gasteiger partial charge in [0.25, 0.3) is 0 Å². The molecule has 0 fully saturated rings. The van der Waals surface area contributed by atoms with Crippen molar-refractivity contribution in [3.8, 4) is 0 Å². The highest BCUT2D eigenvalue weighted by Crippen LogP contribution is 2.26. The number of hydrogen-bond donors (Lipinski definition) is 1. The Kier molecular flexibility index (Phi) is 5.50. The van der Waals surface area contributed by atoms with Crippen molar-refractivity contribution in [1.82, 2.24) is 5.32 Å². The van der Waals surface area contributed by atoms with Crippen molar-refractivity contribution < 1.29 is 0 Å². The average Bonchev–Trinajstić information content (AvgIpc) is 2.40. The number of aryl methyl sites for hydroxylation is 1. The van der Waals surface area contributed by atoms with E-state index in [1.54, 1.807) is 6.07 Å². The van der Waals surface area contributed by atoms with E-state index < -0.39 is 0 Å². The van der Waals surface area contributed by atoms with Crippen molar-refractivity contribution in [1.29, 1.82) is 0 Å². The van der Waals surface area contributed by atoms with E-state index in [1.807, 2.05) is 12.1 Å². The Bertz CT molecular complexity index is 613. The molecule has 2 aromatic carbocycles. The first-order valence-corrected chi connectivity index (χ1v) is 7.95. The van der Waals surface area contributed by atoms with Gasteiger partial charge in [0.2, 0.25) is 0 Å². The summed E-state index contributed by atoms with van der Waals surface area (Å²) in [5, 5.41) is 4.84. The zero-order valence-electron chi connectivity index (χ0n) is 11.4. The topological polar surface area (TPSA) is 12.0 Å². The zero-order valence-corrected chi connectivity index (χ0v) is 14.5. The summed E-state index contributed by atoms with van der Waals surface area (Å²) in [5.74, 6) is 0. The molecule has 0 saturated carbocycles. The molecule has 1 N–H and O–H groups in total. The maximum absolute atomic E-state index is 6.22. The second-order valence-electron chi connectivity index (χ2n) is 4.85. The number of nitrogens with one attached hydrogen (secondary N) is 1. The smallest absolute Gasteiger partial charge is 0.0468 e. The van der Waals surface area contributed by atoms with Gasteiger partial charge in [-0.05, 0) is 48.7 Å². The van der Waals surface area contributed by atoms with Gasteiger partial charge in [0.1, 0.15) is 0 Å². The summed E-state index contributed by atoms with van der Waals surface area (Å²) in [4.78, 5) is 0. The summed E-state index contributed by atoms with van der Waals surface area (Å²) < 4.78 is 1.13. The van der Waals surface area contributed by atoms with Crippen molar-refractivity contribution in [3.05, 3.63) is 67.6 Å². The molecule has 0 aliphatic rings. The van der Waals surface area contributed by atoms with Gasteiger partial charge in [-0.1, -0.05) is 57.3 Å². The highest BCUT2D eigenvalue weighted by molar-refractivity contribution is 9.10. The van der Waals surface area contributed by atoms with Gasteiger partial charge in [-0.25, -0.2) is 0 Å². The maximum atomic E-state index is 6.22. The molecule has 0 radical (unpaired) electrons. The molecule has 106 valence electrons. The molecule has 0 spiro atoms. The van der Waals surface area contributed by atoms with Crippen molar-refractivity contribution in [2.45, 2.75) is 26.4 Å². The van der Waals surface area contributed by atoms with E-state index >= 15 is 0 Å². The van der Waals surface area contributed by atoms with Gasteiger partial charge >= 0.3 is 0 Å². The Hall–Kier alpha value is -0.540. The standard InChI is InChI=1S/C16H16BrCl2N/c1-10-7-12(3-6-15(10)17)9-20-11(2)14-5-4-13(18)8-16(14)19/h3-8,11,20H,9H2,1-2H3. The molecule has 4 heteroatoms. The Labute approximate surface area is 138 Å². The largest absolute Gasteiger partial charge is 0.306 e. The van der Waals surface area contributed by atoms with E-state index in [0.29, 0.717) is 10.0 Å². The van der Waals surface area contributed by atoms with Crippen LogP contribution in [0.1, 0.15) is 29.7 Å². The van der Waals surface area contributed by atoms with Crippen LogP contribution >= 0.6 is 39.1 Å². The van der Waals surface area contributed by atoms with Crippen molar-refractivity contribution in [2.24, 2.45) is 0 Å². The van der Waals surface area contributed by atoms with Crippen molar-refractivity contribution in [3.63, 3.8) is 0 Å². The average molecular weight is 373 g/mol. The molecular formula is C16H16BrCl2N. The molecule has 2 rings (SSSR count). The summed E-state index contributed by atoms with van der Waals surface area (Å²) in [7, 11) is 0. The molecule has 0 amide bonds. The lowest BCUT2D eigenvalue weighted by Crippen LogP contribution is -2.18. The van der Waals surface area contributed by atoms with Gasteiger partial charge in [-0.2, -0.15) is 0 Å². The monoisotopic (exact) mass is 371 g/mol. The maximum Gasteiger partial charge on any atom is 0.0468 e. The van der Waals surface area contributed by atoms with E-state index in [4.69, 9.17) is 23.2 Å². The van der Waals surface area contributed by atoms with Gasteiger partial charge in [0.05, 0.1) is 0 Å². The van der Waals surface area contributed by atoms with Crippen LogP contribution in [0.15, 0.2) is 40.9 Å². The third-order valence-corrected chi connectivity index (χ3v) is 4.72. The lowest BCUT2D eigenvalue weighted by atomic mass is 10.1. The molecule has 0 aliphatic carbocycles. The fourth-order valence-corrected chi connectivity index (χ4v) is 2.87. The molecule has 2 aromatic rings.